The van der Waals surface area contributed by atoms with Gasteiger partial charge >= 0.3 is 0 Å². The average Bonchev–Trinajstić information content (AvgIpc) is 3.13. The number of nitrogens with zero attached hydrogens (tertiary/aromatic N) is 5. The lowest BCUT2D eigenvalue weighted by Gasteiger charge is -2.04. The van der Waals surface area contributed by atoms with E-state index in [1.807, 2.05) is 53.0 Å². The van der Waals surface area contributed by atoms with Gasteiger partial charge in [-0.1, -0.05) is 18.2 Å². The van der Waals surface area contributed by atoms with Crippen LogP contribution in [0.1, 0.15) is 5.56 Å². The molecule has 108 valence electrons. The van der Waals surface area contributed by atoms with Crippen LogP contribution in [0.15, 0.2) is 55.0 Å². The van der Waals surface area contributed by atoms with E-state index in [2.05, 4.69) is 34.1 Å². The van der Waals surface area contributed by atoms with Crippen molar-refractivity contribution in [1.29, 1.82) is 0 Å². The van der Waals surface area contributed by atoms with E-state index in [4.69, 9.17) is 0 Å². The predicted molar refractivity (Wildman–Crippen MR) is 85.8 cm³/mol. The molecule has 4 aromatic rings. The number of fused-ring (bicyclic) bond motifs is 1. The van der Waals surface area contributed by atoms with Crippen LogP contribution in [-0.4, -0.2) is 24.3 Å². The molecule has 0 saturated heterocycles. The Morgan fingerprint density at radius 2 is 1.91 bits per heavy atom. The molecule has 0 N–H and O–H groups in total. The second-order valence-corrected chi connectivity index (χ2v) is 5.30. The Morgan fingerprint density at radius 1 is 1.05 bits per heavy atom. The third kappa shape index (κ3) is 1.90. The predicted octanol–water partition coefficient (Wildman–Crippen LogP) is 3.13. The van der Waals surface area contributed by atoms with Gasteiger partial charge in [-0.2, -0.15) is 5.10 Å². The number of pyridine rings is 1. The summed E-state index contributed by atoms with van der Waals surface area (Å²) in [5, 5.41) is 4.48. The molecule has 0 fully saturated rings. The molecule has 0 bridgehead atoms. The quantitative estimate of drug-likeness (QED) is 0.569. The van der Waals surface area contributed by atoms with E-state index in [0.29, 0.717) is 0 Å². The molecule has 5 nitrogen and oxygen atoms in total. The van der Waals surface area contributed by atoms with Crippen molar-refractivity contribution < 1.29 is 0 Å². The number of aromatic nitrogens is 5. The lowest BCUT2D eigenvalue weighted by molar-refractivity contribution is 0.872. The normalized spacial score (nSPS) is 11.2. The molecule has 0 aliphatic heterocycles. The minimum atomic E-state index is 0.753. The monoisotopic (exact) mass is 289 g/mol. The SMILES string of the molecule is Cc1ccccc1-n1cc(-c2nc3ncccc3n2C)cn1. The summed E-state index contributed by atoms with van der Waals surface area (Å²) < 4.78 is 3.93. The molecule has 0 unspecified atom stereocenters. The Kier molecular flexibility index (Phi) is 2.79. The van der Waals surface area contributed by atoms with Gasteiger partial charge in [0.25, 0.3) is 0 Å². The summed E-state index contributed by atoms with van der Waals surface area (Å²) in [5.41, 5.74) is 5.00. The first-order chi connectivity index (χ1) is 10.7. The van der Waals surface area contributed by atoms with Crippen LogP contribution >= 0.6 is 0 Å². The van der Waals surface area contributed by atoms with Gasteiger partial charge in [-0.25, -0.2) is 14.6 Å². The van der Waals surface area contributed by atoms with E-state index in [0.717, 1.165) is 28.2 Å². The number of para-hydroxylation sites is 1. The Morgan fingerprint density at radius 3 is 2.73 bits per heavy atom. The molecular formula is C17H15N5. The van der Waals surface area contributed by atoms with Crippen molar-refractivity contribution in [1.82, 2.24) is 24.3 Å². The fraction of sp³-hybridized carbons (Fsp3) is 0.118. The van der Waals surface area contributed by atoms with Crippen molar-refractivity contribution in [2.75, 3.05) is 0 Å². The summed E-state index contributed by atoms with van der Waals surface area (Å²) in [4.78, 5) is 8.92. The molecule has 0 aliphatic carbocycles. The number of benzene rings is 1. The van der Waals surface area contributed by atoms with E-state index in [9.17, 15) is 0 Å². The molecule has 5 heteroatoms. The number of imidazole rings is 1. The summed E-state index contributed by atoms with van der Waals surface area (Å²) in [6.45, 7) is 2.08. The van der Waals surface area contributed by atoms with Gasteiger partial charge < -0.3 is 4.57 Å². The Labute approximate surface area is 127 Å². The molecule has 4 rings (SSSR count). The molecule has 0 atom stereocenters. The van der Waals surface area contributed by atoms with Gasteiger partial charge in [0, 0.05) is 19.4 Å². The van der Waals surface area contributed by atoms with Gasteiger partial charge in [-0.15, -0.1) is 0 Å². The van der Waals surface area contributed by atoms with Gasteiger partial charge in [0.05, 0.1) is 23.0 Å². The Balaban J connectivity index is 1.84. The van der Waals surface area contributed by atoms with Crippen molar-refractivity contribution >= 4 is 11.2 Å². The van der Waals surface area contributed by atoms with Crippen molar-refractivity contribution in [2.24, 2.45) is 7.05 Å². The van der Waals surface area contributed by atoms with E-state index < -0.39 is 0 Å². The minimum Gasteiger partial charge on any atom is -0.326 e. The van der Waals surface area contributed by atoms with Crippen LogP contribution in [0.4, 0.5) is 0 Å². The zero-order chi connectivity index (χ0) is 15.1. The Hall–Kier alpha value is -2.95. The van der Waals surface area contributed by atoms with Gasteiger partial charge in [0.15, 0.2) is 5.65 Å². The molecule has 1 aromatic carbocycles. The third-order valence-electron chi connectivity index (χ3n) is 3.86. The maximum Gasteiger partial charge on any atom is 0.178 e. The van der Waals surface area contributed by atoms with E-state index in [-0.39, 0.29) is 0 Å². The molecular weight excluding hydrogens is 274 g/mol. The minimum absolute atomic E-state index is 0.753. The number of hydrogen-bond donors (Lipinski definition) is 0. The first-order valence-corrected chi connectivity index (χ1v) is 7.12. The number of aryl methyl sites for hydroxylation is 2. The highest BCUT2D eigenvalue weighted by atomic mass is 15.3. The van der Waals surface area contributed by atoms with E-state index in [1.165, 1.54) is 5.56 Å². The molecule has 3 aromatic heterocycles. The van der Waals surface area contributed by atoms with Gasteiger partial charge in [-0.05, 0) is 30.7 Å². The van der Waals surface area contributed by atoms with Crippen LogP contribution in [0, 0.1) is 6.92 Å². The lowest BCUT2D eigenvalue weighted by Crippen LogP contribution is -1.96. The fourth-order valence-electron chi connectivity index (χ4n) is 2.67. The number of hydrogen-bond acceptors (Lipinski definition) is 3. The van der Waals surface area contributed by atoms with Crippen LogP contribution in [0.25, 0.3) is 28.2 Å². The highest BCUT2D eigenvalue weighted by molar-refractivity contribution is 5.76. The molecule has 3 heterocycles. The zero-order valence-electron chi connectivity index (χ0n) is 12.4. The van der Waals surface area contributed by atoms with Gasteiger partial charge in [0.2, 0.25) is 0 Å². The smallest absolute Gasteiger partial charge is 0.178 e. The van der Waals surface area contributed by atoms with Crippen molar-refractivity contribution in [3.8, 4) is 17.1 Å². The lowest BCUT2D eigenvalue weighted by atomic mass is 10.2. The molecule has 0 radical (unpaired) electrons. The summed E-state index contributed by atoms with van der Waals surface area (Å²) in [6, 6.07) is 12.1. The second-order valence-electron chi connectivity index (χ2n) is 5.30. The molecule has 0 spiro atoms. The summed E-state index contributed by atoms with van der Waals surface area (Å²) in [6.07, 6.45) is 5.60. The first kappa shape index (κ1) is 12.8. The largest absolute Gasteiger partial charge is 0.326 e. The van der Waals surface area contributed by atoms with Crippen LogP contribution in [0.2, 0.25) is 0 Å². The van der Waals surface area contributed by atoms with Crippen LogP contribution < -0.4 is 0 Å². The second kappa shape index (κ2) is 4.80. The van der Waals surface area contributed by atoms with E-state index >= 15 is 0 Å². The summed E-state index contributed by atoms with van der Waals surface area (Å²) in [5.74, 6) is 0.869. The van der Waals surface area contributed by atoms with Crippen LogP contribution in [0.5, 0.6) is 0 Å². The number of rotatable bonds is 2. The van der Waals surface area contributed by atoms with E-state index in [1.54, 1.807) is 6.20 Å². The maximum atomic E-state index is 4.61. The average molecular weight is 289 g/mol. The molecule has 0 saturated carbocycles. The van der Waals surface area contributed by atoms with Crippen LogP contribution in [-0.2, 0) is 7.05 Å². The first-order valence-electron chi connectivity index (χ1n) is 7.12. The molecule has 22 heavy (non-hydrogen) atoms. The van der Waals surface area contributed by atoms with Crippen LogP contribution in [0.3, 0.4) is 0 Å². The van der Waals surface area contributed by atoms with Crippen molar-refractivity contribution in [2.45, 2.75) is 6.92 Å². The highest BCUT2D eigenvalue weighted by Crippen LogP contribution is 2.23. The Bertz CT molecular complexity index is 964. The van der Waals surface area contributed by atoms with Crippen molar-refractivity contribution in [3.63, 3.8) is 0 Å². The standard InChI is InChI=1S/C17H15N5/c1-12-6-3-4-7-14(12)22-11-13(10-19-22)17-20-16-15(21(17)2)8-5-9-18-16/h3-11H,1-2H3. The van der Waals surface area contributed by atoms with Gasteiger partial charge in [0.1, 0.15) is 5.82 Å². The highest BCUT2D eigenvalue weighted by Gasteiger charge is 2.13. The summed E-state index contributed by atoms with van der Waals surface area (Å²) in [7, 11) is 2.00. The molecule has 0 amide bonds. The topological polar surface area (TPSA) is 48.5 Å². The maximum absolute atomic E-state index is 4.61. The molecule has 0 aliphatic rings. The van der Waals surface area contributed by atoms with Crippen molar-refractivity contribution in [3.05, 3.63) is 60.6 Å². The van der Waals surface area contributed by atoms with Gasteiger partial charge in [-0.3, -0.25) is 0 Å². The third-order valence-corrected chi connectivity index (χ3v) is 3.86. The zero-order valence-corrected chi connectivity index (χ0v) is 12.4. The summed E-state index contributed by atoms with van der Waals surface area (Å²) >= 11 is 0. The fourth-order valence-corrected chi connectivity index (χ4v) is 2.67.